The van der Waals surface area contributed by atoms with Crippen molar-refractivity contribution in [3.8, 4) is 6.07 Å². The lowest BCUT2D eigenvalue weighted by molar-refractivity contribution is 0.212. The second-order valence-corrected chi connectivity index (χ2v) is 7.11. The Hall–Kier alpha value is -2.79. The van der Waals surface area contributed by atoms with Gasteiger partial charge in [0.25, 0.3) is 0 Å². The molecule has 8 nitrogen and oxygen atoms in total. The van der Waals surface area contributed by atoms with Gasteiger partial charge in [-0.05, 0) is 51.8 Å². The molecule has 8 heteroatoms. The van der Waals surface area contributed by atoms with Crippen molar-refractivity contribution in [3.05, 3.63) is 34.9 Å². The quantitative estimate of drug-likeness (QED) is 0.873. The molecule has 2 aromatic heterocycles. The summed E-state index contributed by atoms with van der Waals surface area (Å²) in [6, 6.07) is 4.43. The van der Waals surface area contributed by atoms with Crippen LogP contribution in [-0.2, 0) is 6.54 Å². The van der Waals surface area contributed by atoms with E-state index in [9.17, 15) is 5.26 Å². The first-order valence-electron chi connectivity index (χ1n) is 9.26. The lowest BCUT2D eigenvalue weighted by atomic mass is 10.1. The van der Waals surface area contributed by atoms with Crippen molar-refractivity contribution in [1.82, 2.24) is 25.1 Å². The van der Waals surface area contributed by atoms with Gasteiger partial charge in [0, 0.05) is 25.3 Å². The summed E-state index contributed by atoms with van der Waals surface area (Å²) in [4.78, 5) is 13.1. The first-order valence-corrected chi connectivity index (χ1v) is 9.26. The molecule has 0 radical (unpaired) electrons. The number of hydrogen-bond donors (Lipinski definition) is 1. The number of nitrogens with zero attached hydrogens (tertiary/aromatic N) is 7. The lowest BCUT2D eigenvalue weighted by Crippen LogP contribution is -2.33. The summed E-state index contributed by atoms with van der Waals surface area (Å²) in [6.07, 6.45) is 4.79. The number of anilines is 2. The number of aryl methyl sites for hydroxylation is 1. The normalized spacial score (nSPS) is 17.6. The van der Waals surface area contributed by atoms with Crippen LogP contribution < -0.4 is 10.6 Å². The average molecular weight is 366 g/mol. The smallest absolute Gasteiger partial charge is 0.169 e. The molecular weight excluding hydrogens is 340 g/mol. The maximum atomic E-state index is 9.57. The molecule has 142 valence electrons. The second-order valence-electron chi connectivity index (χ2n) is 7.11. The highest BCUT2D eigenvalue weighted by atomic mass is 15.3. The molecule has 0 bridgehead atoms. The molecule has 2 aromatic rings. The minimum Gasteiger partial charge on any atom is -0.384 e. The van der Waals surface area contributed by atoms with Gasteiger partial charge in [-0.25, -0.2) is 9.97 Å². The van der Waals surface area contributed by atoms with Crippen LogP contribution in [0, 0.1) is 25.2 Å². The van der Waals surface area contributed by atoms with E-state index in [4.69, 9.17) is 5.73 Å². The van der Waals surface area contributed by atoms with Crippen LogP contribution in [0.5, 0.6) is 0 Å². The number of hydrogen-bond acceptors (Lipinski definition) is 8. The molecule has 1 aliphatic rings. The zero-order valence-corrected chi connectivity index (χ0v) is 16.2. The van der Waals surface area contributed by atoms with E-state index in [1.165, 1.54) is 0 Å². The Morgan fingerprint density at radius 2 is 2.11 bits per heavy atom. The van der Waals surface area contributed by atoms with Crippen LogP contribution in [0.15, 0.2) is 12.3 Å². The van der Waals surface area contributed by atoms with E-state index in [1.807, 2.05) is 13.8 Å². The van der Waals surface area contributed by atoms with Gasteiger partial charge < -0.3 is 10.6 Å². The van der Waals surface area contributed by atoms with Crippen molar-refractivity contribution in [3.63, 3.8) is 0 Å². The number of rotatable bonds is 4. The lowest BCUT2D eigenvalue weighted by Gasteiger charge is -2.27. The van der Waals surface area contributed by atoms with E-state index in [0.717, 1.165) is 49.4 Å². The van der Waals surface area contributed by atoms with Crippen LogP contribution in [0.3, 0.4) is 0 Å². The first kappa shape index (κ1) is 19.0. The zero-order chi connectivity index (χ0) is 19.4. The highest BCUT2D eigenvalue weighted by molar-refractivity contribution is 5.57. The van der Waals surface area contributed by atoms with Gasteiger partial charge in [-0.1, -0.05) is 0 Å². The van der Waals surface area contributed by atoms with E-state index in [-0.39, 0.29) is 0 Å². The van der Waals surface area contributed by atoms with E-state index < -0.39 is 0 Å². The van der Waals surface area contributed by atoms with Crippen LogP contribution in [0.1, 0.15) is 41.9 Å². The molecule has 1 aliphatic heterocycles. The van der Waals surface area contributed by atoms with Crippen molar-refractivity contribution < 1.29 is 0 Å². The maximum Gasteiger partial charge on any atom is 0.169 e. The summed E-state index contributed by atoms with van der Waals surface area (Å²) in [6.45, 7) is 6.22. The van der Waals surface area contributed by atoms with Gasteiger partial charge in [0.15, 0.2) is 5.82 Å². The van der Waals surface area contributed by atoms with Crippen LogP contribution in [0.25, 0.3) is 0 Å². The molecular formula is C19H26N8. The standard InChI is InChI=1S/C19H26N8/c1-13-14(2)24-25-19(16(13)11-20)27-9-4-5-15(7-10-27)26(3)12-18-22-8-6-17(21)23-18/h6,8,15H,4-5,7,9-10,12H2,1-3H3,(H2,21,22,23)/t15-/m1/s1. The predicted molar refractivity (Wildman–Crippen MR) is 104 cm³/mol. The number of nitrogens with two attached hydrogens (primary N) is 1. The van der Waals surface area contributed by atoms with E-state index in [1.54, 1.807) is 12.3 Å². The molecule has 0 amide bonds. The van der Waals surface area contributed by atoms with Crippen LogP contribution in [0.4, 0.5) is 11.6 Å². The summed E-state index contributed by atoms with van der Waals surface area (Å²) in [5.74, 6) is 1.95. The van der Waals surface area contributed by atoms with Crippen molar-refractivity contribution in [2.24, 2.45) is 0 Å². The van der Waals surface area contributed by atoms with E-state index in [0.29, 0.717) is 29.8 Å². The zero-order valence-electron chi connectivity index (χ0n) is 16.2. The maximum absolute atomic E-state index is 9.57. The minimum atomic E-state index is 0.421. The summed E-state index contributed by atoms with van der Waals surface area (Å²) in [5.41, 5.74) is 8.12. The Morgan fingerprint density at radius 3 is 2.85 bits per heavy atom. The highest BCUT2D eigenvalue weighted by Gasteiger charge is 2.24. The Morgan fingerprint density at radius 1 is 1.30 bits per heavy atom. The van der Waals surface area contributed by atoms with Gasteiger partial charge in [-0.2, -0.15) is 10.4 Å². The number of aromatic nitrogens is 4. The summed E-state index contributed by atoms with van der Waals surface area (Å²) >= 11 is 0. The van der Waals surface area contributed by atoms with Crippen LogP contribution in [0.2, 0.25) is 0 Å². The molecule has 3 rings (SSSR count). The fraction of sp³-hybridized carbons (Fsp3) is 0.526. The van der Waals surface area contributed by atoms with Gasteiger partial charge in [0.1, 0.15) is 23.3 Å². The monoisotopic (exact) mass is 366 g/mol. The minimum absolute atomic E-state index is 0.421. The summed E-state index contributed by atoms with van der Waals surface area (Å²) in [7, 11) is 2.10. The molecule has 0 unspecified atom stereocenters. The molecule has 1 atom stereocenters. The fourth-order valence-electron chi connectivity index (χ4n) is 3.53. The molecule has 0 aliphatic carbocycles. The predicted octanol–water partition coefficient (Wildman–Crippen LogP) is 1.83. The van der Waals surface area contributed by atoms with Gasteiger partial charge in [0.2, 0.25) is 0 Å². The van der Waals surface area contributed by atoms with E-state index >= 15 is 0 Å². The molecule has 3 heterocycles. The second kappa shape index (κ2) is 8.27. The van der Waals surface area contributed by atoms with Crippen molar-refractivity contribution in [2.75, 3.05) is 30.8 Å². The first-order chi connectivity index (χ1) is 13.0. The number of nitriles is 1. The van der Waals surface area contributed by atoms with Crippen molar-refractivity contribution in [1.29, 1.82) is 5.26 Å². The Bertz CT molecular complexity index is 844. The molecule has 27 heavy (non-hydrogen) atoms. The Labute approximate surface area is 160 Å². The Kier molecular flexibility index (Phi) is 5.81. The van der Waals surface area contributed by atoms with Gasteiger partial charge >= 0.3 is 0 Å². The summed E-state index contributed by atoms with van der Waals surface area (Å²) in [5, 5.41) is 18.1. The molecule has 0 saturated carbocycles. The third-order valence-corrected chi connectivity index (χ3v) is 5.29. The van der Waals surface area contributed by atoms with Crippen molar-refractivity contribution >= 4 is 11.6 Å². The van der Waals surface area contributed by atoms with Crippen LogP contribution >= 0.6 is 0 Å². The van der Waals surface area contributed by atoms with Crippen LogP contribution in [-0.4, -0.2) is 51.2 Å². The Balaban J connectivity index is 1.69. The summed E-state index contributed by atoms with van der Waals surface area (Å²) < 4.78 is 0. The third kappa shape index (κ3) is 4.31. The number of nitrogen functional groups attached to an aromatic ring is 1. The largest absolute Gasteiger partial charge is 0.384 e. The molecule has 1 saturated heterocycles. The molecule has 0 spiro atoms. The van der Waals surface area contributed by atoms with Gasteiger partial charge in [-0.15, -0.1) is 5.10 Å². The highest BCUT2D eigenvalue weighted by Crippen LogP contribution is 2.25. The fourth-order valence-corrected chi connectivity index (χ4v) is 3.53. The average Bonchev–Trinajstić information content (AvgIpc) is 2.90. The SMILES string of the molecule is Cc1nnc(N2CCC[C@@H](N(C)Cc3nccc(N)n3)CC2)c(C#N)c1C. The van der Waals surface area contributed by atoms with Gasteiger partial charge in [-0.3, -0.25) is 4.90 Å². The van der Waals surface area contributed by atoms with E-state index in [2.05, 4.69) is 43.1 Å². The molecule has 0 aromatic carbocycles. The molecule has 1 fully saturated rings. The topological polar surface area (TPSA) is 108 Å². The van der Waals surface area contributed by atoms with Gasteiger partial charge in [0.05, 0.1) is 12.2 Å². The van der Waals surface area contributed by atoms with Crippen molar-refractivity contribution in [2.45, 2.75) is 45.7 Å². The molecule has 2 N–H and O–H groups in total. The third-order valence-electron chi connectivity index (χ3n) is 5.29.